The molecule has 0 saturated heterocycles. The van der Waals surface area contributed by atoms with Gasteiger partial charge < -0.3 is 14.6 Å². The predicted molar refractivity (Wildman–Crippen MR) is 105 cm³/mol. The Bertz CT molecular complexity index is 871. The van der Waals surface area contributed by atoms with E-state index in [9.17, 15) is 19.1 Å². The Balaban J connectivity index is 1.98. The minimum absolute atomic E-state index is 0.0822. The number of carbonyl (C=O) groups excluding carboxylic acids is 2. The molecule has 1 heterocycles. The number of aromatic nitrogens is 1. The first-order valence-corrected chi connectivity index (χ1v) is 9.83. The number of nitrogens with zero attached hydrogens (tertiary/aromatic N) is 2. The van der Waals surface area contributed by atoms with Gasteiger partial charge in [0, 0.05) is 43.0 Å². The van der Waals surface area contributed by atoms with Gasteiger partial charge >= 0.3 is 0 Å². The molecule has 1 aromatic carbocycles. The first-order chi connectivity index (χ1) is 13.5. The average Bonchev–Trinajstić information content (AvgIpc) is 2.94. The van der Waals surface area contributed by atoms with Gasteiger partial charge in [0.1, 0.15) is 5.82 Å². The lowest BCUT2D eigenvalue weighted by atomic mass is 9.92. The Morgan fingerprint density at radius 2 is 1.96 bits per heavy atom. The first-order valence-electron chi connectivity index (χ1n) is 9.83. The Morgan fingerprint density at radius 1 is 1.25 bits per heavy atom. The highest BCUT2D eigenvalue weighted by molar-refractivity contribution is 6.01. The van der Waals surface area contributed by atoms with Crippen LogP contribution in [0.15, 0.2) is 24.3 Å². The highest BCUT2D eigenvalue weighted by Gasteiger charge is 2.29. The van der Waals surface area contributed by atoms with E-state index < -0.39 is 0 Å². The number of halogens is 1. The smallest absolute Gasteiger partial charge is 0.227 e. The molecule has 0 aliphatic heterocycles. The monoisotopic (exact) mass is 386 g/mol. The number of hydrogen-bond donors (Lipinski definition) is 1. The lowest BCUT2D eigenvalue weighted by Gasteiger charge is -2.20. The summed E-state index contributed by atoms with van der Waals surface area (Å²) in [6.07, 6.45) is 2.26. The molecule has 1 aliphatic rings. The lowest BCUT2D eigenvalue weighted by molar-refractivity contribution is -0.130. The second-order valence-electron chi connectivity index (χ2n) is 7.25. The third-order valence-electron chi connectivity index (χ3n) is 5.54. The molecule has 0 spiro atoms. The molecular formula is C22H27FN2O3. The summed E-state index contributed by atoms with van der Waals surface area (Å²) in [4.78, 5) is 27.0. The molecule has 6 heteroatoms. The van der Waals surface area contributed by atoms with Crippen molar-refractivity contribution in [3.8, 4) is 0 Å². The molecule has 1 amide bonds. The maximum Gasteiger partial charge on any atom is 0.227 e. The molecule has 0 radical (unpaired) electrons. The molecule has 150 valence electrons. The molecular weight excluding hydrogens is 359 g/mol. The van der Waals surface area contributed by atoms with Crippen molar-refractivity contribution in [2.45, 2.75) is 46.1 Å². The van der Waals surface area contributed by atoms with Crippen molar-refractivity contribution in [3.05, 3.63) is 58.2 Å². The van der Waals surface area contributed by atoms with Crippen molar-refractivity contribution >= 4 is 11.7 Å². The van der Waals surface area contributed by atoms with E-state index in [0.717, 1.165) is 35.4 Å². The van der Waals surface area contributed by atoms with Crippen molar-refractivity contribution in [1.82, 2.24) is 9.47 Å². The summed E-state index contributed by atoms with van der Waals surface area (Å²) in [5.74, 6) is -0.269. The van der Waals surface area contributed by atoms with Crippen molar-refractivity contribution in [1.29, 1.82) is 0 Å². The fourth-order valence-corrected chi connectivity index (χ4v) is 4.03. The van der Waals surface area contributed by atoms with Crippen LogP contribution < -0.4 is 0 Å². The van der Waals surface area contributed by atoms with Crippen LogP contribution in [0.4, 0.5) is 4.39 Å². The number of Topliss-reactive ketones (excluding diaryl/α,β-unsaturated/α-hetero) is 1. The maximum absolute atomic E-state index is 13.2. The van der Waals surface area contributed by atoms with Crippen LogP contribution >= 0.6 is 0 Å². The Hall–Kier alpha value is -2.47. The number of amides is 1. The van der Waals surface area contributed by atoms with Gasteiger partial charge in [0.25, 0.3) is 0 Å². The standard InChI is InChI=1S/C22H27FN2O3/c1-3-24(11-12-26)21(28)13-18-15(2)25(14-16-7-9-17(23)10-8-16)19-5-4-6-20(27)22(18)19/h7-10,26H,3-6,11-14H2,1-2H3. The molecule has 0 saturated carbocycles. The van der Waals surface area contributed by atoms with Crippen LogP contribution in [-0.2, 0) is 24.2 Å². The van der Waals surface area contributed by atoms with E-state index in [2.05, 4.69) is 4.57 Å². The summed E-state index contributed by atoms with van der Waals surface area (Å²) in [6, 6.07) is 6.36. The molecule has 0 unspecified atom stereocenters. The first kappa shape index (κ1) is 20.3. The Labute approximate surface area is 164 Å². The molecule has 0 atom stereocenters. The number of likely N-dealkylation sites (N-methyl/N-ethyl adjacent to an activating group) is 1. The molecule has 1 aromatic heterocycles. The molecule has 28 heavy (non-hydrogen) atoms. The van der Waals surface area contributed by atoms with E-state index in [1.807, 2.05) is 13.8 Å². The van der Waals surface area contributed by atoms with Gasteiger partial charge in [-0.1, -0.05) is 12.1 Å². The van der Waals surface area contributed by atoms with E-state index in [-0.39, 0.29) is 30.5 Å². The molecule has 2 aromatic rings. The van der Waals surface area contributed by atoms with E-state index in [1.165, 1.54) is 12.1 Å². The topological polar surface area (TPSA) is 62.5 Å². The normalized spacial score (nSPS) is 13.5. The van der Waals surface area contributed by atoms with Gasteiger partial charge in [0.15, 0.2) is 5.78 Å². The largest absolute Gasteiger partial charge is 0.395 e. The van der Waals surface area contributed by atoms with E-state index in [1.54, 1.807) is 17.0 Å². The van der Waals surface area contributed by atoms with Crippen LogP contribution in [0.5, 0.6) is 0 Å². The van der Waals surface area contributed by atoms with Gasteiger partial charge in [-0.3, -0.25) is 9.59 Å². The Morgan fingerprint density at radius 3 is 2.61 bits per heavy atom. The van der Waals surface area contributed by atoms with Crippen molar-refractivity contribution in [2.24, 2.45) is 0 Å². The van der Waals surface area contributed by atoms with E-state index in [0.29, 0.717) is 31.6 Å². The summed E-state index contributed by atoms with van der Waals surface area (Å²) in [5.41, 5.74) is 4.33. The third-order valence-corrected chi connectivity index (χ3v) is 5.54. The Kier molecular flexibility index (Phi) is 6.29. The number of aliphatic hydroxyl groups excluding tert-OH is 1. The highest BCUT2D eigenvalue weighted by Crippen LogP contribution is 2.31. The average molecular weight is 386 g/mol. The minimum atomic E-state index is -0.278. The summed E-state index contributed by atoms with van der Waals surface area (Å²) < 4.78 is 15.3. The van der Waals surface area contributed by atoms with Gasteiger partial charge in [0.2, 0.25) is 5.91 Å². The van der Waals surface area contributed by atoms with Gasteiger partial charge in [-0.25, -0.2) is 4.39 Å². The highest BCUT2D eigenvalue weighted by atomic mass is 19.1. The number of benzene rings is 1. The maximum atomic E-state index is 13.2. The van der Waals surface area contributed by atoms with E-state index in [4.69, 9.17) is 0 Å². The number of hydrogen-bond acceptors (Lipinski definition) is 3. The van der Waals surface area contributed by atoms with Gasteiger partial charge in [-0.05, 0) is 49.9 Å². The summed E-state index contributed by atoms with van der Waals surface area (Å²) in [7, 11) is 0. The fourth-order valence-electron chi connectivity index (χ4n) is 4.03. The second-order valence-corrected chi connectivity index (χ2v) is 7.25. The van der Waals surface area contributed by atoms with Crippen LogP contribution in [0.3, 0.4) is 0 Å². The van der Waals surface area contributed by atoms with Gasteiger partial charge in [-0.2, -0.15) is 0 Å². The summed E-state index contributed by atoms with van der Waals surface area (Å²) in [6.45, 7) is 5.09. The lowest BCUT2D eigenvalue weighted by Crippen LogP contribution is -2.34. The minimum Gasteiger partial charge on any atom is -0.395 e. The van der Waals surface area contributed by atoms with Crippen molar-refractivity contribution < 1.29 is 19.1 Å². The second kappa shape index (κ2) is 8.69. The van der Waals surface area contributed by atoms with Crippen LogP contribution in [0.25, 0.3) is 0 Å². The van der Waals surface area contributed by atoms with Crippen molar-refractivity contribution in [2.75, 3.05) is 19.7 Å². The zero-order valence-corrected chi connectivity index (χ0v) is 16.5. The molecule has 0 bridgehead atoms. The third kappa shape index (κ3) is 4.02. The quantitative estimate of drug-likeness (QED) is 0.796. The number of fused-ring (bicyclic) bond motifs is 1. The molecule has 0 fully saturated rings. The zero-order chi connectivity index (χ0) is 20.3. The molecule has 1 N–H and O–H groups in total. The van der Waals surface area contributed by atoms with Gasteiger partial charge in [0.05, 0.1) is 13.0 Å². The molecule has 3 rings (SSSR count). The predicted octanol–water partition coefficient (Wildman–Crippen LogP) is 2.89. The summed E-state index contributed by atoms with van der Waals surface area (Å²) >= 11 is 0. The van der Waals surface area contributed by atoms with Crippen LogP contribution in [0.1, 0.15) is 52.6 Å². The number of carbonyl (C=O) groups is 2. The molecule has 1 aliphatic carbocycles. The summed E-state index contributed by atoms with van der Waals surface area (Å²) in [5, 5.41) is 9.18. The number of aliphatic hydroxyl groups is 1. The van der Waals surface area contributed by atoms with Crippen LogP contribution in [0.2, 0.25) is 0 Å². The number of rotatable bonds is 7. The SMILES string of the molecule is CCN(CCO)C(=O)Cc1c2c(n(Cc3ccc(F)cc3)c1C)CCCC2=O. The zero-order valence-electron chi connectivity index (χ0n) is 16.5. The fraction of sp³-hybridized carbons (Fsp3) is 0.455. The molecule has 5 nitrogen and oxygen atoms in total. The number of ketones is 1. The van der Waals surface area contributed by atoms with Crippen LogP contribution in [-0.4, -0.2) is 46.0 Å². The van der Waals surface area contributed by atoms with E-state index >= 15 is 0 Å². The van der Waals surface area contributed by atoms with Gasteiger partial charge in [-0.15, -0.1) is 0 Å². The van der Waals surface area contributed by atoms with Crippen LogP contribution in [0, 0.1) is 12.7 Å². The van der Waals surface area contributed by atoms with Crippen molar-refractivity contribution in [3.63, 3.8) is 0 Å².